The average molecular weight is 385 g/mol. The van der Waals surface area contributed by atoms with Crippen molar-refractivity contribution in [3.05, 3.63) is 28.2 Å². The van der Waals surface area contributed by atoms with E-state index >= 15 is 0 Å². The molecule has 0 aromatic heterocycles. The van der Waals surface area contributed by atoms with Gasteiger partial charge in [-0.15, -0.1) is 0 Å². The van der Waals surface area contributed by atoms with Crippen LogP contribution in [0.1, 0.15) is 46.0 Å². The Morgan fingerprint density at radius 2 is 2.08 bits per heavy atom. The first-order valence-corrected chi connectivity index (χ1v) is 8.95. The number of carbonyl (C=O) groups excluding carboxylic acids is 2. The first-order chi connectivity index (χ1) is 11.7. The predicted molar refractivity (Wildman–Crippen MR) is 99.4 cm³/mol. The molecule has 1 aromatic rings. The highest BCUT2D eigenvalue weighted by Gasteiger charge is 2.30. The zero-order valence-corrected chi connectivity index (χ0v) is 15.9. The molecule has 0 heterocycles. The lowest BCUT2D eigenvalue weighted by Crippen LogP contribution is -2.31. The molecule has 1 N–H and O–H groups in total. The lowest BCUT2D eigenvalue weighted by molar-refractivity contribution is -0.122. The van der Waals surface area contributed by atoms with Crippen molar-refractivity contribution in [2.45, 2.75) is 46.0 Å². The van der Waals surface area contributed by atoms with Gasteiger partial charge in [0.15, 0.2) is 0 Å². The van der Waals surface area contributed by atoms with Crippen molar-refractivity contribution in [2.24, 2.45) is 10.5 Å². The van der Waals surface area contributed by atoms with E-state index in [1.165, 1.54) is 0 Å². The van der Waals surface area contributed by atoms with Crippen LogP contribution in [0.2, 0.25) is 10.0 Å². The van der Waals surface area contributed by atoms with Gasteiger partial charge in [-0.25, -0.2) is 5.43 Å². The Hall–Kier alpha value is -1.59. The number of nitrogens with zero attached hydrogens (tertiary/aromatic N) is 1. The van der Waals surface area contributed by atoms with Gasteiger partial charge in [-0.2, -0.15) is 5.10 Å². The molecule has 1 aliphatic rings. The molecule has 1 saturated carbocycles. The van der Waals surface area contributed by atoms with Gasteiger partial charge >= 0.3 is 0 Å². The molecular weight excluding hydrogens is 363 g/mol. The molecule has 0 saturated heterocycles. The lowest BCUT2D eigenvalue weighted by atomic mass is 9.76. The van der Waals surface area contributed by atoms with E-state index in [1.807, 2.05) is 13.8 Å². The maximum atomic E-state index is 11.8. The van der Waals surface area contributed by atoms with Gasteiger partial charge in [-0.3, -0.25) is 9.59 Å². The maximum absolute atomic E-state index is 11.8. The molecule has 0 radical (unpaired) electrons. The van der Waals surface area contributed by atoms with Crippen molar-refractivity contribution in [2.75, 3.05) is 6.61 Å². The smallest absolute Gasteiger partial charge is 0.240 e. The topological polar surface area (TPSA) is 67.8 Å². The number of ketones is 1. The normalized spacial score (nSPS) is 18.2. The molecule has 1 aromatic carbocycles. The third-order valence-electron chi connectivity index (χ3n) is 3.80. The standard InChI is InChI=1S/C18H22Cl2N2O3/c1-18(2)10-13(9-14(23)11-18)21-22-17(24)4-3-7-25-16-6-5-12(19)8-15(16)20/h5-6,8H,3-4,7,9-11H2,1-2H3,(H,22,24)/b21-13+. The number of hydrazone groups is 1. The first-order valence-electron chi connectivity index (χ1n) is 8.19. The SMILES string of the molecule is CC1(C)CC(=O)C/C(=N\NC(=O)CCCOc2ccc(Cl)cc2Cl)C1. The fraction of sp³-hybridized carbons (Fsp3) is 0.500. The fourth-order valence-electron chi connectivity index (χ4n) is 2.78. The van der Waals surface area contributed by atoms with Gasteiger partial charge in [0.1, 0.15) is 11.5 Å². The van der Waals surface area contributed by atoms with E-state index in [0.717, 1.165) is 12.1 Å². The molecule has 2 rings (SSSR count). The Morgan fingerprint density at radius 1 is 1.32 bits per heavy atom. The highest BCUT2D eigenvalue weighted by atomic mass is 35.5. The average Bonchev–Trinajstić information content (AvgIpc) is 2.49. The Balaban J connectivity index is 1.72. The Bertz CT molecular complexity index is 687. The summed E-state index contributed by atoms with van der Waals surface area (Å²) in [6, 6.07) is 4.99. The van der Waals surface area contributed by atoms with E-state index in [-0.39, 0.29) is 23.5 Å². The number of hydrogen-bond donors (Lipinski definition) is 1. The van der Waals surface area contributed by atoms with E-state index in [0.29, 0.717) is 41.7 Å². The van der Waals surface area contributed by atoms with Crippen molar-refractivity contribution in [1.82, 2.24) is 5.43 Å². The minimum atomic E-state index is -0.200. The zero-order valence-electron chi connectivity index (χ0n) is 14.4. The molecule has 0 atom stereocenters. The van der Waals surface area contributed by atoms with Crippen LogP contribution in [0.25, 0.3) is 0 Å². The Labute approximate surface area is 157 Å². The number of Topliss-reactive ketones (excluding diaryl/α,β-unsaturated/α-hetero) is 1. The molecule has 1 amide bonds. The summed E-state index contributed by atoms with van der Waals surface area (Å²) in [5.41, 5.74) is 3.17. The molecule has 0 unspecified atom stereocenters. The van der Waals surface area contributed by atoms with Gasteiger partial charge in [-0.05, 0) is 36.5 Å². The number of amides is 1. The molecule has 1 fully saturated rings. The summed E-state index contributed by atoms with van der Waals surface area (Å²) >= 11 is 11.8. The number of halogens is 2. The number of nitrogens with one attached hydrogen (secondary N) is 1. The van der Waals surface area contributed by atoms with Crippen LogP contribution in [0.3, 0.4) is 0 Å². The second-order valence-electron chi connectivity index (χ2n) is 6.97. The van der Waals surface area contributed by atoms with Crippen LogP contribution >= 0.6 is 23.2 Å². The van der Waals surface area contributed by atoms with Crippen LogP contribution < -0.4 is 10.2 Å². The van der Waals surface area contributed by atoms with E-state index in [2.05, 4.69) is 10.5 Å². The van der Waals surface area contributed by atoms with Gasteiger partial charge in [0.05, 0.1) is 11.6 Å². The van der Waals surface area contributed by atoms with Crippen LogP contribution in [0.4, 0.5) is 0 Å². The summed E-state index contributed by atoms with van der Waals surface area (Å²) in [6.45, 7) is 4.41. The van der Waals surface area contributed by atoms with Gasteiger partial charge in [0, 0.05) is 30.0 Å². The van der Waals surface area contributed by atoms with Crippen molar-refractivity contribution in [3.63, 3.8) is 0 Å². The molecule has 7 heteroatoms. The molecular formula is C18H22Cl2N2O3. The van der Waals surface area contributed by atoms with E-state index in [9.17, 15) is 9.59 Å². The fourth-order valence-corrected chi connectivity index (χ4v) is 3.25. The molecule has 0 aliphatic heterocycles. The maximum Gasteiger partial charge on any atom is 0.240 e. The highest BCUT2D eigenvalue weighted by Crippen LogP contribution is 2.31. The van der Waals surface area contributed by atoms with Crippen LogP contribution in [0.15, 0.2) is 23.3 Å². The summed E-state index contributed by atoms with van der Waals surface area (Å²) in [6.07, 6.45) is 2.41. The minimum Gasteiger partial charge on any atom is -0.492 e. The van der Waals surface area contributed by atoms with Crippen LogP contribution in [0, 0.1) is 5.41 Å². The summed E-state index contributed by atoms with van der Waals surface area (Å²) in [5.74, 6) is 0.501. The third kappa shape index (κ3) is 6.67. The van der Waals surface area contributed by atoms with Gasteiger partial charge in [-0.1, -0.05) is 37.0 Å². The van der Waals surface area contributed by atoms with Crippen LogP contribution in [-0.2, 0) is 9.59 Å². The minimum absolute atomic E-state index is 0.0927. The highest BCUT2D eigenvalue weighted by molar-refractivity contribution is 6.35. The van der Waals surface area contributed by atoms with Crippen molar-refractivity contribution in [1.29, 1.82) is 0 Å². The molecule has 136 valence electrons. The molecule has 0 spiro atoms. The Morgan fingerprint density at radius 3 is 2.76 bits per heavy atom. The number of rotatable bonds is 6. The lowest BCUT2D eigenvalue weighted by Gasteiger charge is -2.28. The summed E-state index contributed by atoms with van der Waals surface area (Å²) in [7, 11) is 0. The molecule has 1 aliphatic carbocycles. The van der Waals surface area contributed by atoms with Gasteiger partial charge < -0.3 is 4.74 Å². The number of benzene rings is 1. The molecule has 25 heavy (non-hydrogen) atoms. The van der Waals surface area contributed by atoms with Crippen molar-refractivity contribution < 1.29 is 14.3 Å². The van der Waals surface area contributed by atoms with E-state index < -0.39 is 0 Å². The van der Waals surface area contributed by atoms with E-state index in [1.54, 1.807) is 18.2 Å². The van der Waals surface area contributed by atoms with Gasteiger partial charge in [0.2, 0.25) is 5.91 Å². The largest absolute Gasteiger partial charge is 0.492 e. The quantitative estimate of drug-likeness (QED) is 0.583. The predicted octanol–water partition coefficient (Wildman–Crippen LogP) is 4.40. The number of carbonyl (C=O) groups is 2. The van der Waals surface area contributed by atoms with Crippen LogP contribution in [-0.4, -0.2) is 24.0 Å². The molecule has 5 nitrogen and oxygen atoms in total. The summed E-state index contributed by atoms with van der Waals surface area (Å²) in [4.78, 5) is 23.5. The van der Waals surface area contributed by atoms with Crippen molar-refractivity contribution >= 4 is 40.6 Å². The van der Waals surface area contributed by atoms with Crippen molar-refractivity contribution in [3.8, 4) is 5.75 Å². The summed E-state index contributed by atoms with van der Waals surface area (Å²) < 4.78 is 5.53. The first kappa shape index (κ1) is 19.7. The third-order valence-corrected chi connectivity index (χ3v) is 4.33. The Kier molecular flexibility index (Phi) is 6.85. The van der Waals surface area contributed by atoms with E-state index in [4.69, 9.17) is 27.9 Å². The monoisotopic (exact) mass is 384 g/mol. The van der Waals surface area contributed by atoms with Crippen LogP contribution in [0.5, 0.6) is 5.75 Å². The van der Waals surface area contributed by atoms with Gasteiger partial charge in [0.25, 0.3) is 0 Å². The second-order valence-corrected chi connectivity index (χ2v) is 7.82. The molecule has 0 bridgehead atoms. The zero-order chi connectivity index (χ0) is 18.4. The number of ether oxygens (including phenoxy) is 1. The summed E-state index contributed by atoms with van der Waals surface area (Å²) in [5, 5.41) is 5.09. The second kappa shape index (κ2) is 8.68. The number of hydrogen-bond acceptors (Lipinski definition) is 4.